The van der Waals surface area contributed by atoms with Crippen LogP contribution in [0.5, 0.6) is 0 Å². The van der Waals surface area contributed by atoms with Crippen molar-refractivity contribution < 1.29 is 4.79 Å². The predicted molar refractivity (Wildman–Crippen MR) is 94.3 cm³/mol. The summed E-state index contributed by atoms with van der Waals surface area (Å²) in [6, 6.07) is 0.494. The van der Waals surface area contributed by atoms with E-state index >= 15 is 0 Å². The Balaban J connectivity index is 1.48. The maximum Gasteiger partial charge on any atom is 0.225 e. The summed E-state index contributed by atoms with van der Waals surface area (Å²) in [5.41, 5.74) is 0. The van der Waals surface area contributed by atoms with Gasteiger partial charge in [-0.25, -0.2) is 0 Å². The molecule has 0 aliphatic carbocycles. The second kappa shape index (κ2) is 7.98. The lowest BCUT2D eigenvalue weighted by molar-refractivity contribution is -0.138. The van der Waals surface area contributed by atoms with Crippen LogP contribution in [0.25, 0.3) is 0 Å². The number of piperidine rings is 3. The number of carbonyl (C=O) groups excluding carboxylic acids is 1. The Hall–Kier alpha value is -0.610. The second-order valence-corrected chi connectivity index (χ2v) is 8.35. The first-order valence-corrected chi connectivity index (χ1v) is 9.86. The Morgan fingerprint density at radius 3 is 2.61 bits per heavy atom. The van der Waals surface area contributed by atoms with E-state index in [0.29, 0.717) is 17.9 Å². The summed E-state index contributed by atoms with van der Waals surface area (Å²) in [7, 11) is 0. The zero-order valence-corrected chi connectivity index (χ0v) is 15.1. The molecule has 0 aromatic carbocycles. The molecule has 1 N–H and O–H groups in total. The molecule has 3 heterocycles. The molecule has 3 rings (SSSR count). The van der Waals surface area contributed by atoms with Crippen LogP contribution in [0.4, 0.5) is 0 Å². The zero-order valence-electron chi connectivity index (χ0n) is 15.1. The van der Waals surface area contributed by atoms with Crippen LogP contribution in [0.3, 0.4) is 0 Å². The number of carbonyl (C=O) groups is 1. The molecular weight excluding hydrogens is 286 g/mol. The van der Waals surface area contributed by atoms with E-state index in [2.05, 4.69) is 29.0 Å². The summed E-state index contributed by atoms with van der Waals surface area (Å²) in [6.45, 7) is 11.3. The van der Waals surface area contributed by atoms with Crippen LogP contribution >= 0.6 is 0 Å². The molecule has 1 amide bonds. The summed E-state index contributed by atoms with van der Waals surface area (Å²) in [6.07, 6.45) is 7.24. The van der Waals surface area contributed by atoms with Crippen LogP contribution in [0.15, 0.2) is 0 Å². The minimum atomic E-state index is 0.265. The van der Waals surface area contributed by atoms with E-state index in [-0.39, 0.29) is 5.92 Å². The Labute approximate surface area is 142 Å². The molecule has 3 aliphatic rings. The number of hydrogen-bond acceptors (Lipinski definition) is 3. The van der Waals surface area contributed by atoms with Gasteiger partial charge in [-0.15, -0.1) is 0 Å². The first kappa shape index (κ1) is 17.2. The number of hydrogen-bond donors (Lipinski definition) is 1. The van der Waals surface area contributed by atoms with Gasteiger partial charge in [0.25, 0.3) is 0 Å². The maximum absolute atomic E-state index is 12.9. The van der Waals surface area contributed by atoms with Crippen LogP contribution in [0, 0.1) is 17.8 Å². The van der Waals surface area contributed by atoms with E-state index in [1.54, 1.807) is 0 Å². The Morgan fingerprint density at radius 1 is 1.09 bits per heavy atom. The maximum atomic E-state index is 12.9. The van der Waals surface area contributed by atoms with Crippen LogP contribution < -0.4 is 5.32 Å². The van der Waals surface area contributed by atoms with Crippen molar-refractivity contribution in [2.45, 2.75) is 58.4 Å². The fourth-order valence-electron chi connectivity index (χ4n) is 4.64. The molecular formula is C19H35N3O. The third-order valence-electron chi connectivity index (χ3n) is 6.20. The highest BCUT2D eigenvalue weighted by atomic mass is 16.2. The van der Waals surface area contributed by atoms with Gasteiger partial charge in [-0.1, -0.05) is 6.92 Å². The quantitative estimate of drug-likeness (QED) is 0.867. The summed E-state index contributed by atoms with van der Waals surface area (Å²) >= 11 is 0. The molecule has 0 radical (unpaired) electrons. The molecule has 3 aliphatic heterocycles. The molecule has 4 nitrogen and oxygen atoms in total. The Kier molecular flexibility index (Phi) is 5.97. The Morgan fingerprint density at radius 2 is 1.87 bits per heavy atom. The summed E-state index contributed by atoms with van der Waals surface area (Å²) in [5, 5.41) is 3.46. The minimum absolute atomic E-state index is 0.265. The number of nitrogens with one attached hydrogen (secondary N) is 1. The van der Waals surface area contributed by atoms with Gasteiger partial charge >= 0.3 is 0 Å². The lowest BCUT2D eigenvalue weighted by atomic mass is 9.89. The lowest BCUT2D eigenvalue weighted by Gasteiger charge is -2.39. The molecule has 132 valence electrons. The van der Waals surface area contributed by atoms with Crippen LogP contribution in [0.1, 0.15) is 52.4 Å². The summed E-state index contributed by atoms with van der Waals surface area (Å²) in [5.74, 6) is 2.30. The standard InChI is InChI=1S/C19H35N3O/c1-15-6-10-21(11-7-15)13-17-4-3-9-22(14-17)19(23)18-5-8-20-16(2)12-18/h15-18,20H,3-14H2,1-2H3/t16-,17?,18-/m0/s1. The highest BCUT2D eigenvalue weighted by Crippen LogP contribution is 2.25. The predicted octanol–water partition coefficient (Wildman–Crippen LogP) is 2.34. The third kappa shape index (κ3) is 4.69. The van der Waals surface area contributed by atoms with Crippen molar-refractivity contribution >= 4 is 5.91 Å². The van der Waals surface area contributed by atoms with E-state index in [1.807, 2.05) is 0 Å². The normalized spacial score (nSPS) is 34.5. The summed E-state index contributed by atoms with van der Waals surface area (Å²) < 4.78 is 0. The molecule has 0 spiro atoms. The van der Waals surface area contributed by atoms with Crippen molar-refractivity contribution in [2.75, 3.05) is 39.3 Å². The van der Waals surface area contributed by atoms with Crippen molar-refractivity contribution in [2.24, 2.45) is 17.8 Å². The number of likely N-dealkylation sites (tertiary alicyclic amines) is 2. The summed E-state index contributed by atoms with van der Waals surface area (Å²) in [4.78, 5) is 17.7. The van der Waals surface area contributed by atoms with Gasteiger partial charge in [0.2, 0.25) is 5.91 Å². The first-order chi connectivity index (χ1) is 11.1. The SMILES string of the molecule is CC1CCN(CC2CCCN(C(=O)[C@H]3CCN[C@@H](C)C3)C2)CC1. The van der Waals surface area contributed by atoms with Gasteiger partial charge in [-0.05, 0) is 76.9 Å². The van der Waals surface area contributed by atoms with Crippen LogP contribution in [-0.4, -0.2) is 61.0 Å². The van der Waals surface area contributed by atoms with Crippen molar-refractivity contribution in [3.8, 4) is 0 Å². The molecule has 3 atom stereocenters. The van der Waals surface area contributed by atoms with E-state index in [4.69, 9.17) is 0 Å². The molecule has 0 saturated carbocycles. The molecule has 0 aromatic rings. The van der Waals surface area contributed by atoms with Gasteiger partial charge < -0.3 is 15.1 Å². The van der Waals surface area contributed by atoms with Crippen LogP contribution in [0.2, 0.25) is 0 Å². The number of rotatable bonds is 3. The number of nitrogens with zero attached hydrogens (tertiary/aromatic N) is 2. The van der Waals surface area contributed by atoms with Gasteiger partial charge in [-0.2, -0.15) is 0 Å². The van der Waals surface area contributed by atoms with Crippen molar-refractivity contribution in [3.05, 3.63) is 0 Å². The van der Waals surface area contributed by atoms with E-state index in [9.17, 15) is 4.79 Å². The topological polar surface area (TPSA) is 35.6 Å². The van der Waals surface area contributed by atoms with Crippen molar-refractivity contribution in [1.82, 2.24) is 15.1 Å². The minimum Gasteiger partial charge on any atom is -0.342 e. The van der Waals surface area contributed by atoms with Crippen molar-refractivity contribution in [3.63, 3.8) is 0 Å². The van der Waals surface area contributed by atoms with E-state index in [1.165, 1.54) is 45.3 Å². The fraction of sp³-hybridized carbons (Fsp3) is 0.947. The average molecular weight is 322 g/mol. The van der Waals surface area contributed by atoms with E-state index in [0.717, 1.165) is 38.4 Å². The molecule has 3 fully saturated rings. The van der Waals surface area contributed by atoms with Gasteiger partial charge in [0, 0.05) is 31.6 Å². The monoisotopic (exact) mass is 321 g/mol. The molecule has 0 aromatic heterocycles. The lowest BCUT2D eigenvalue weighted by Crippen LogP contribution is -2.49. The molecule has 23 heavy (non-hydrogen) atoms. The number of amides is 1. The first-order valence-electron chi connectivity index (χ1n) is 9.86. The van der Waals surface area contributed by atoms with E-state index < -0.39 is 0 Å². The zero-order chi connectivity index (χ0) is 16.2. The third-order valence-corrected chi connectivity index (χ3v) is 6.20. The fourth-order valence-corrected chi connectivity index (χ4v) is 4.64. The van der Waals surface area contributed by atoms with Gasteiger partial charge in [0.05, 0.1) is 0 Å². The molecule has 4 heteroatoms. The average Bonchev–Trinajstić information content (AvgIpc) is 2.56. The highest BCUT2D eigenvalue weighted by molar-refractivity contribution is 5.79. The van der Waals surface area contributed by atoms with Gasteiger partial charge in [0.15, 0.2) is 0 Å². The smallest absolute Gasteiger partial charge is 0.225 e. The highest BCUT2D eigenvalue weighted by Gasteiger charge is 2.32. The Bertz CT molecular complexity index is 392. The second-order valence-electron chi connectivity index (χ2n) is 8.35. The van der Waals surface area contributed by atoms with Crippen LogP contribution in [-0.2, 0) is 4.79 Å². The molecule has 1 unspecified atom stereocenters. The van der Waals surface area contributed by atoms with Gasteiger partial charge in [0.1, 0.15) is 0 Å². The van der Waals surface area contributed by atoms with Gasteiger partial charge in [-0.3, -0.25) is 4.79 Å². The largest absolute Gasteiger partial charge is 0.342 e. The van der Waals surface area contributed by atoms with Crippen molar-refractivity contribution in [1.29, 1.82) is 0 Å². The molecule has 0 bridgehead atoms. The molecule has 3 saturated heterocycles.